The number of aromatic nitrogens is 4. The van der Waals surface area contributed by atoms with Gasteiger partial charge in [-0.25, -0.2) is 9.97 Å². The second-order valence-electron chi connectivity index (χ2n) is 7.22. The molecule has 1 N–H and O–H groups in total. The maximum Gasteiger partial charge on any atom is 0.433 e. The Labute approximate surface area is 196 Å². The molecule has 4 aromatic rings. The Hall–Kier alpha value is -3.66. The zero-order chi connectivity index (χ0) is 24.5. The van der Waals surface area contributed by atoms with Crippen molar-refractivity contribution in [3.63, 3.8) is 0 Å². The second-order valence-corrected chi connectivity index (χ2v) is 7.58. The molecule has 11 heteroatoms. The van der Waals surface area contributed by atoms with Crippen LogP contribution < -0.4 is 9.47 Å². The van der Waals surface area contributed by atoms with Crippen LogP contribution in [0.1, 0.15) is 24.3 Å². The number of halogens is 5. The molecule has 0 aliphatic heterocycles. The Kier molecular flexibility index (Phi) is 6.43. The number of H-pyrrole nitrogens is 1. The minimum atomic E-state index is -4.51. The summed E-state index contributed by atoms with van der Waals surface area (Å²) in [6.45, 7) is 1.69. The predicted octanol–water partition coefficient (Wildman–Crippen LogP) is 6.49. The van der Waals surface area contributed by atoms with E-state index < -0.39 is 23.9 Å². The summed E-state index contributed by atoms with van der Waals surface area (Å²) >= 11 is 6.33. The highest BCUT2D eigenvalue weighted by Crippen LogP contribution is 2.38. The van der Waals surface area contributed by atoms with Crippen LogP contribution in [0.4, 0.5) is 17.6 Å². The van der Waals surface area contributed by atoms with Crippen LogP contribution in [0, 0.1) is 5.95 Å². The zero-order valence-corrected chi connectivity index (χ0v) is 18.6. The highest BCUT2D eigenvalue weighted by molar-refractivity contribution is 6.32. The molecule has 0 amide bonds. The number of alkyl halides is 3. The lowest BCUT2D eigenvalue weighted by molar-refractivity contribution is -0.141. The monoisotopic (exact) mass is 492 g/mol. The van der Waals surface area contributed by atoms with E-state index in [2.05, 4.69) is 19.9 Å². The van der Waals surface area contributed by atoms with Gasteiger partial charge >= 0.3 is 6.18 Å². The number of imidazole rings is 1. The zero-order valence-electron chi connectivity index (χ0n) is 17.8. The third-order valence-corrected chi connectivity index (χ3v) is 5.24. The molecule has 1 atom stereocenters. The van der Waals surface area contributed by atoms with E-state index >= 15 is 0 Å². The van der Waals surface area contributed by atoms with Crippen molar-refractivity contribution >= 4 is 11.6 Å². The molecular formula is C23H17ClF4N4O2. The number of nitrogens with one attached hydrogen (secondary N) is 1. The Bertz CT molecular complexity index is 1290. The average molecular weight is 493 g/mol. The van der Waals surface area contributed by atoms with E-state index in [1.54, 1.807) is 25.1 Å². The molecule has 0 unspecified atom stereocenters. The van der Waals surface area contributed by atoms with Gasteiger partial charge in [-0.15, -0.1) is 0 Å². The minimum absolute atomic E-state index is 0.176. The van der Waals surface area contributed by atoms with Crippen LogP contribution in [0.2, 0.25) is 5.15 Å². The molecule has 4 rings (SSSR count). The first kappa shape index (κ1) is 23.5. The summed E-state index contributed by atoms with van der Waals surface area (Å²) in [5.41, 5.74) is 1.13. The molecule has 3 aromatic heterocycles. The van der Waals surface area contributed by atoms with Gasteiger partial charge in [0.1, 0.15) is 29.1 Å². The summed E-state index contributed by atoms with van der Waals surface area (Å²) in [5, 5.41) is 0.176. The number of hydrogen-bond donors (Lipinski definition) is 1. The predicted molar refractivity (Wildman–Crippen MR) is 117 cm³/mol. The summed E-state index contributed by atoms with van der Waals surface area (Å²) in [4.78, 5) is 14.4. The van der Waals surface area contributed by atoms with Crippen LogP contribution in [0.5, 0.6) is 11.5 Å². The summed E-state index contributed by atoms with van der Waals surface area (Å²) < 4.78 is 62.6. The summed E-state index contributed by atoms with van der Waals surface area (Å²) in [6.07, 6.45) is -2.61. The Morgan fingerprint density at radius 1 is 1.03 bits per heavy atom. The topological polar surface area (TPSA) is 72.9 Å². The molecule has 0 aliphatic rings. The van der Waals surface area contributed by atoms with E-state index in [4.69, 9.17) is 21.1 Å². The van der Waals surface area contributed by atoms with Gasteiger partial charge in [-0.05, 0) is 37.3 Å². The van der Waals surface area contributed by atoms with Crippen molar-refractivity contribution in [2.45, 2.75) is 19.2 Å². The third kappa shape index (κ3) is 4.96. The van der Waals surface area contributed by atoms with Crippen molar-refractivity contribution in [3.8, 4) is 34.1 Å². The SMILES string of the molecule is COc1cc(O[C@@H](C)c2ccc(C(F)(F)F)nc2)ccc1-c1[nH]c(-c2ccc(F)nc2)nc1Cl. The minimum Gasteiger partial charge on any atom is -0.496 e. The van der Waals surface area contributed by atoms with Gasteiger partial charge in [0.05, 0.1) is 12.8 Å². The first-order valence-corrected chi connectivity index (χ1v) is 10.3. The van der Waals surface area contributed by atoms with Crippen molar-refractivity contribution in [1.29, 1.82) is 0 Å². The number of pyridine rings is 2. The van der Waals surface area contributed by atoms with Crippen LogP contribution in [-0.4, -0.2) is 27.0 Å². The number of nitrogens with zero attached hydrogens (tertiary/aromatic N) is 3. The normalized spacial score (nSPS) is 12.4. The molecule has 0 aliphatic carbocycles. The standard InChI is InChI=1S/C23H17ClF4N4O2/c1-12(13-3-7-18(29-10-13)23(26,27)28)34-15-5-6-16(17(9-15)33-2)20-21(24)32-22(31-20)14-4-8-19(25)30-11-14/h3-12H,1-2H3,(H,31,32)/t12-/m0/s1. The lowest BCUT2D eigenvalue weighted by Gasteiger charge is -2.17. The Morgan fingerprint density at radius 2 is 1.82 bits per heavy atom. The van der Waals surface area contributed by atoms with Gasteiger partial charge in [0.15, 0.2) is 5.15 Å². The van der Waals surface area contributed by atoms with Gasteiger partial charge in [-0.1, -0.05) is 17.7 Å². The third-order valence-electron chi connectivity index (χ3n) is 4.96. The highest BCUT2D eigenvalue weighted by Gasteiger charge is 2.32. The molecule has 1 aromatic carbocycles. The van der Waals surface area contributed by atoms with Crippen molar-refractivity contribution in [1.82, 2.24) is 19.9 Å². The van der Waals surface area contributed by atoms with Crippen molar-refractivity contribution in [2.24, 2.45) is 0 Å². The number of benzene rings is 1. The summed E-state index contributed by atoms with van der Waals surface area (Å²) in [6, 6.07) is 9.97. The van der Waals surface area contributed by atoms with Crippen LogP contribution in [-0.2, 0) is 6.18 Å². The number of hydrogen-bond acceptors (Lipinski definition) is 5. The fourth-order valence-electron chi connectivity index (χ4n) is 3.22. The van der Waals surface area contributed by atoms with Crippen LogP contribution in [0.15, 0.2) is 54.9 Å². The number of methoxy groups -OCH3 is 1. The molecule has 176 valence electrons. The van der Waals surface area contributed by atoms with Gasteiger partial charge in [0.2, 0.25) is 5.95 Å². The van der Waals surface area contributed by atoms with Crippen LogP contribution >= 0.6 is 11.6 Å². The molecule has 0 saturated carbocycles. The van der Waals surface area contributed by atoms with Gasteiger partial charge in [0, 0.05) is 35.2 Å². The quantitative estimate of drug-likeness (QED) is 0.246. The van der Waals surface area contributed by atoms with E-state index in [1.165, 1.54) is 31.5 Å². The number of rotatable bonds is 6. The van der Waals surface area contributed by atoms with Gasteiger partial charge in [-0.2, -0.15) is 17.6 Å². The fraction of sp³-hybridized carbons (Fsp3) is 0.174. The smallest absolute Gasteiger partial charge is 0.433 e. The largest absolute Gasteiger partial charge is 0.496 e. The average Bonchev–Trinajstić information content (AvgIpc) is 3.20. The molecule has 0 saturated heterocycles. The molecule has 0 spiro atoms. The maximum atomic E-state index is 13.1. The van der Waals surface area contributed by atoms with Crippen LogP contribution in [0.3, 0.4) is 0 Å². The molecule has 0 bridgehead atoms. The van der Waals surface area contributed by atoms with Gasteiger partial charge in [-0.3, -0.25) is 4.98 Å². The van der Waals surface area contributed by atoms with Crippen molar-refractivity contribution < 1.29 is 27.0 Å². The summed E-state index contributed by atoms with van der Waals surface area (Å²) in [5.74, 6) is 0.634. The first-order valence-electron chi connectivity index (χ1n) is 9.91. The molecule has 3 heterocycles. The van der Waals surface area contributed by atoms with Crippen molar-refractivity contribution in [2.75, 3.05) is 7.11 Å². The molecule has 0 fully saturated rings. The van der Waals surface area contributed by atoms with E-state index in [-0.39, 0.29) is 5.15 Å². The van der Waals surface area contributed by atoms with Crippen molar-refractivity contribution in [3.05, 3.63) is 77.2 Å². The Morgan fingerprint density at radius 3 is 2.44 bits per heavy atom. The number of aromatic amines is 1. The molecular weight excluding hydrogens is 476 g/mol. The second kappa shape index (κ2) is 9.30. The lowest BCUT2D eigenvalue weighted by Crippen LogP contribution is -2.09. The van der Waals surface area contributed by atoms with E-state index in [9.17, 15) is 17.6 Å². The van der Waals surface area contributed by atoms with Crippen LogP contribution in [0.25, 0.3) is 22.6 Å². The van der Waals surface area contributed by atoms with Gasteiger partial charge in [0.25, 0.3) is 0 Å². The lowest BCUT2D eigenvalue weighted by atomic mass is 10.1. The fourth-order valence-corrected chi connectivity index (χ4v) is 3.45. The van der Waals surface area contributed by atoms with E-state index in [0.29, 0.717) is 39.7 Å². The molecule has 0 radical (unpaired) electrons. The summed E-state index contributed by atoms with van der Waals surface area (Å²) in [7, 11) is 1.47. The van der Waals surface area contributed by atoms with E-state index in [0.717, 1.165) is 12.3 Å². The number of ether oxygens (including phenoxy) is 2. The Balaban J connectivity index is 1.57. The highest BCUT2D eigenvalue weighted by atomic mass is 35.5. The maximum absolute atomic E-state index is 13.1. The molecule has 34 heavy (non-hydrogen) atoms. The van der Waals surface area contributed by atoms with Gasteiger partial charge < -0.3 is 14.5 Å². The van der Waals surface area contributed by atoms with E-state index in [1.807, 2.05) is 0 Å². The molecule has 6 nitrogen and oxygen atoms in total. The first-order chi connectivity index (χ1) is 16.2.